The number of nitrogens with one attached hydrogen (secondary N) is 1. The van der Waals surface area contributed by atoms with E-state index in [9.17, 15) is 0 Å². The van der Waals surface area contributed by atoms with Crippen LogP contribution in [-0.4, -0.2) is 43.1 Å². The molecule has 0 fully saturated rings. The lowest BCUT2D eigenvalue weighted by molar-refractivity contribution is 0.171. The highest BCUT2D eigenvalue weighted by atomic mass is 16.5. The molecule has 0 aliphatic rings. The molecule has 18 heavy (non-hydrogen) atoms. The van der Waals surface area contributed by atoms with Crippen LogP contribution < -0.4 is 10.1 Å². The summed E-state index contributed by atoms with van der Waals surface area (Å²) in [6.45, 7) is 4.71. The second kappa shape index (κ2) is 7.36. The van der Waals surface area contributed by atoms with Crippen molar-refractivity contribution in [2.24, 2.45) is 0 Å². The van der Waals surface area contributed by atoms with Gasteiger partial charge in [0.15, 0.2) is 0 Å². The van der Waals surface area contributed by atoms with E-state index in [-0.39, 0.29) is 19.3 Å². The molecule has 0 spiro atoms. The van der Waals surface area contributed by atoms with Gasteiger partial charge in [0.05, 0.1) is 26.4 Å². The van der Waals surface area contributed by atoms with Crippen LogP contribution in [0.4, 0.5) is 0 Å². The van der Waals surface area contributed by atoms with E-state index in [2.05, 4.69) is 17.4 Å². The fourth-order valence-electron chi connectivity index (χ4n) is 2.11. The minimum absolute atomic E-state index is 0.0445. The van der Waals surface area contributed by atoms with E-state index in [0.29, 0.717) is 0 Å². The van der Waals surface area contributed by atoms with Gasteiger partial charge in [-0.05, 0) is 43.5 Å². The second-order valence-corrected chi connectivity index (χ2v) is 4.53. The second-order valence-electron chi connectivity index (χ2n) is 4.53. The lowest BCUT2D eigenvalue weighted by atomic mass is 10.0. The summed E-state index contributed by atoms with van der Waals surface area (Å²) < 4.78 is 5.33. The quantitative estimate of drug-likeness (QED) is 0.672. The normalized spacial score (nSPS) is 11.0. The molecule has 3 N–H and O–H groups in total. The molecular formula is C14H23NO3. The van der Waals surface area contributed by atoms with Gasteiger partial charge in [-0.25, -0.2) is 0 Å². The molecule has 0 saturated heterocycles. The number of aliphatic hydroxyl groups excluding tert-OH is 2. The smallest absolute Gasteiger partial charge is 0.124 e. The molecule has 0 bridgehead atoms. The summed E-state index contributed by atoms with van der Waals surface area (Å²) in [6.07, 6.45) is 0.863. The van der Waals surface area contributed by atoms with Gasteiger partial charge in [-0.1, -0.05) is 12.1 Å². The summed E-state index contributed by atoms with van der Waals surface area (Å²) in [7, 11) is 1.68. The first-order chi connectivity index (χ1) is 8.62. The maximum absolute atomic E-state index is 8.94. The van der Waals surface area contributed by atoms with Crippen molar-refractivity contribution in [2.75, 3.05) is 26.9 Å². The van der Waals surface area contributed by atoms with E-state index in [4.69, 9.17) is 14.9 Å². The SMILES string of the molecule is COc1c(C)cc(CCNC(CO)CO)cc1C. The zero-order valence-corrected chi connectivity index (χ0v) is 11.4. The van der Waals surface area contributed by atoms with Crippen LogP contribution in [0.1, 0.15) is 16.7 Å². The van der Waals surface area contributed by atoms with Crippen molar-refractivity contribution in [2.45, 2.75) is 26.3 Å². The summed E-state index contributed by atoms with van der Waals surface area (Å²) in [6, 6.07) is 3.99. The highest BCUT2D eigenvalue weighted by Gasteiger charge is 2.07. The van der Waals surface area contributed by atoms with E-state index in [1.165, 1.54) is 5.56 Å². The molecule has 0 unspecified atom stereocenters. The van der Waals surface area contributed by atoms with Crippen molar-refractivity contribution in [3.63, 3.8) is 0 Å². The molecule has 1 aromatic rings. The summed E-state index contributed by atoms with van der Waals surface area (Å²) in [4.78, 5) is 0. The first-order valence-electron chi connectivity index (χ1n) is 6.21. The number of hydrogen-bond donors (Lipinski definition) is 3. The van der Waals surface area contributed by atoms with Crippen LogP contribution in [0.15, 0.2) is 12.1 Å². The Balaban J connectivity index is 2.58. The molecule has 0 aliphatic heterocycles. The minimum Gasteiger partial charge on any atom is -0.496 e. The monoisotopic (exact) mass is 253 g/mol. The molecule has 1 rings (SSSR count). The first kappa shape index (κ1) is 15.0. The molecule has 0 heterocycles. The summed E-state index contributed by atoms with van der Waals surface area (Å²) in [5.41, 5.74) is 3.50. The molecule has 102 valence electrons. The summed E-state index contributed by atoms with van der Waals surface area (Å²) >= 11 is 0. The van der Waals surface area contributed by atoms with Crippen LogP contribution in [-0.2, 0) is 6.42 Å². The first-order valence-corrected chi connectivity index (χ1v) is 6.21. The number of ether oxygens (including phenoxy) is 1. The Kier molecular flexibility index (Phi) is 6.12. The van der Waals surface area contributed by atoms with Crippen molar-refractivity contribution >= 4 is 0 Å². The van der Waals surface area contributed by atoms with Crippen molar-refractivity contribution in [3.05, 3.63) is 28.8 Å². The third-order valence-electron chi connectivity index (χ3n) is 3.01. The molecule has 4 heteroatoms. The minimum atomic E-state index is -0.231. The lowest BCUT2D eigenvalue weighted by Crippen LogP contribution is -2.36. The maximum atomic E-state index is 8.94. The molecule has 0 saturated carbocycles. The van der Waals surface area contributed by atoms with Crippen molar-refractivity contribution in [3.8, 4) is 5.75 Å². The highest BCUT2D eigenvalue weighted by Crippen LogP contribution is 2.24. The van der Waals surface area contributed by atoms with Gasteiger partial charge in [-0.3, -0.25) is 0 Å². The van der Waals surface area contributed by atoms with Crippen molar-refractivity contribution in [1.82, 2.24) is 5.32 Å². The predicted molar refractivity (Wildman–Crippen MR) is 72.1 cm³/mol. The van der Waals surface area contributed by atoms with E-state index in [1.807, 2.05) is 13.8 Å². The highest BCUT2D eigenvalue weighted by molar-refractivity contribution is 5.43. The molecular weight excluding hydrogens is 230 g/mol. The summed E-state index contributed by atoms with van der Waals surface area (Å²) in [5, 5.41) is 21.0. The number of methoxy groups -OCH3 is 1. The number of rotatable bonds is 7. The molecule has 0 amide bonds. The third-order valence-corrected chi connectivity index (χ3v) is 3.01. The van der Waals surface area contributed by atoms with Crippen molar-refractivity contribution < 1.29 is 14.9 Å². The topological polar surface area (TPSA) is 61.7 Å². The van der Waals surface area contributed by atoms with Crippen LogP contribution in [0.2, 0.25) is 0 Å². The van der Waals surface area contributed by atoms with Gasteiger partial charge in [0.1, 0.15) is 5.75 Å². The predicted octanol–water partition coefficient (Wildman–Crippen LogP) is 0.797. The Morgan fingerprint density at radius 1 is 1.17 bits per heavy atom. The number of aliphatic hydroxyl groups is 2. The molecule has 0 aliphatic carbocycles. The fraction of sp³-hybridized carbons (Fsp3) is 0.571. The molecule has 0 atom stereocenters. The maximum Gasteiger partial charge on any atom is 0.124 e. The molecule has 1 aromatic carbocycles. The van der Waals surface area contributed by atoms with Crippen LogP contribution in [0, 0.1) is 13.8 Å². The largest absolute Gasteiger partial charge is 0.496 e. The Hall–Kier alpha value is -1.10. The standard InChI is InChI=1S/C14H23NO3/c1-10-6-12(7-11(2)14(10)18-3)4-5-15-13(8-16)9-17/h6-7,13,15-17H,4-5,8-9H2,1-3H3. The van der Waals surface area contributed by atoms with Gasteiger partial charge in [0, 0.05) is 0 Å². The summed E-state index contributed by atoms with van der Waals surface area (Å²) in [5.74, 6) is 0.940. The van der Waals surface area contributed by atoms with Crippen LogP contribution in [0.5, 0.6) is 5.75 Å². The average Bonchev–Trinajstić information content (AvgIpc) is 2.34. The van der Waals surface area contributed by atoms with E-state index in [1.54, 1.807) is 7.11 Å². The van der Waals surface area contributed by atoms with Crippen molar-refractivity contribution in [1.29, 1.82) is 0 Å². The molecule has 0 aromatic heterocycles. The van der Waals surface area contributed by atoms with E-state index >= 15 is 0 Å². The Morgan fingerprint density at radius 3 is 2.17 bits per heavy atom. The zero-order chi connectivity index (χ0) is 13.5. The van der Waals surface area contributed by atoms with Gasteiger partial charge in [-0.2, -0.15) is 0 Å². The van der Waals surface area contributed by atoms with Crippen LogP contribution in [0.3, 0.4) is 0 Å². The zero-order valence-electron chi connectivity index (χ0n) is 11.4. The van der Waals surface area contributed by atoms with Gasteiger partial charge in [0.2, 0.25) is 0 Å². The Morgan fingerprint density at radius 2 is 1.72 bits per heavy atom. The van der Waals surface area contributed by atoms with Gasteiger partial charge in [-0.15, -0.1) is 0 Å². The van der Waals surface area contributed by atoms with Gasteiger partial charge in [0.25, 0.3) is 0 Å². The fourth-order valence-corrected chi connectivity index (χ4v) is 2.11. The Bertz CT molecular complexity index is 352. The van der Waals surface area contributed by atoms with Gasteiger partial charge < -0.3 is 20.3 Å². The average molecular weight is 253 g/mol. The van der Waals surface area contributed by atoms with Gasteiger partial charge >= 0.3 is 0 Å². The Labute approximate surface area is 109 Å². The third kappa shape index (κ3) is 3.98. The van der Waals surface area contributed by atoms with Crippen LogP contribution >= 0.6 is 0 Å². The molecule has 0 radical (unpaired) electrons. The number of aryl methyl sites for hydroxylation is 2. The number of benzene rings is 1. The van der Waals surface area contributed by atoms with E-state index < -0.39 is 0 Å². The molecule has 4 nitrogen and oxygen atoms in total. The van der Waals surface area contributed by atoms with E-state index in [0.717, 1.165) is 29.8 Å². The lowest BCUT2D eigenvalue weighted by Gasteiger charge is -2.14. The number of hydrogen-bond acceptors (Lipinski definition) is 4. The van der Waals surface area contributed by atoms with Crippen LogP contribution in [0.25, 0.3) is 0 Å².